The van der Waals surface area contributed by atoms with Crippen LogP contribution in [0.5, 0.6) is 0 Å². The maximum absolute atomic E-state index is 12.0. The van der Waals surface area contributed by atoms with E-state index in [0.717, 1.165) is 18.4 Å². The molecule has 6 nitrogen and oxygen atoms in total. The summed E-state index contributed by atoms with van der Waals surface area (Å²) in [6.07, 6.45) is 1.92. The van der Waals surface area contributed by atoms with E-state index < -0.39 is 5.91 Å². The first-order valence-corrected chi connectivity index (χ1v) is 7.14. The van der Waals surface area contributed by atoms with Crippen molar-refractivity contribution in [3.63, 3.8) is 0 Å². The number of carbonyl (C=O) groups is 2. The van der Waals surface area contributed by atoms with Crippen LogP contribution >= 0.6 is 0 Å². The molecule has 0 heterocycles. The summed E-state index contributed by atoms with van der Waals surface area (Å²) in [5.41, 5.74) is 12.4. The van der Waals surface area contributed by atoms with Gasteiger partial charge in [-0.2, -0.15) is 0 Å². The van der Waals surface area contributed by atoms with E-state index in [2.05, 4.69) is 12.2 Å². The zero-order valence-electron chi connectivity index (χ0n) is 12.5. The second-order valence-corrected chi connectivity index (χ2v) is 4.98. The Hall–Kier alpha value is -1.92. The van der Waals surface area contributed by atoms with Crippen molar-refractivity contribution in [3.8, 4) is 0 Å². The van der Waals surface area contributed by atoms with E-state index in [4.69, 9.17) is 11.5 Å². The number of amides is 2. The molecule has 0 saturated carbocycles. The Morgan fingerprint density at radius 1 is 1.29 bits per heavy atom. The molecule has 0 unspecified atom stereocenters. The molecule has 0 bridgehead atoms. The third-order valence-corrected chi connectivity index (χ3v) is 3.02. The van der Waals surface area contributed by atoms with Crippen LogP contribution in [0, 0.1) is 0 Å². The zero-order chi connectivity index (χ0) is 15.7. The van der Waals surface area contributed by atoms with Gasteiger partial charge >= 0.3 is 0 Å². The molecule has 0 aliphatic heterocycles. The van der Waals surface area contributed by atoms with E-state index >= 15 is 0 Å². The van der Waals surface area contributed by atoms with Gasteiger partial charge in [0.25, 0.3) is 0 Å². The third kappa shape index (κ3) is 6.87. The van der Waals surface area contributed by atoms with Gasteiger partial charge in [0.2, 0.25) is 11.8 Å². The number of benzene rings is 1. The fourth-order valence-corrected chi connectivity index (χ4v) is 2.00. The lowest BCUT2D eigenvalue weighted by atomic mass is 10.2. The average molecular weight is 292 g/mol. The number of hydrogen-bond acceptors (Lipinski definition) is 4. The molecule has 5 N–H and O–H groups in total. The van der Waals surface area contributed by atoms with Crippen LogP contribution in [-0.2, 0) is 16.1 Å². The lowest BCUT2D eigenvalue weighted by molar-refractivity contribution is -0.121. The van der Waals surface area contributed by atoms with Crippen LogP contribution in [0.4, 0.5) is 5.69 Å². The first-order chi connectivity index (χ1) is 10.0. The summed E-state index contributed by atoms with van der Waals surface area (Å²) in [5.74, 6) is -0.592. The van der Waals surface area contributed by atoms with E-state index in [1.54, 1.807) is 4.90 Å². The Morgan fingerprint density at radius 3 is 2.67 bits per heavy atom. The van der Waals surface area contributed by atoms with Crippen LogP contribution in [0.2, 0.25) is 0 Å². The number of carbonyl (C=O) groups excluding carboxylic acids is 2. The number of nitrogens with one attached hydrogen (secondary N) is 1. The molecule has 21 heavy (non-hydrogen) atoms. The molecule has 0 saturated heterocycles. The van der Waals surface area contributed by atoms with Gasteiger partial charge in [0, 0.05) is 12.2 Å². The van der Waals surface area contributed by atoms with Gasteiger partial charge in [-0.15, -0.1) is 0 Å². The summed E-state index contributed by atoms with van der Waals surface area (Å²) >= 11 is 0. The summed E-state index contributed by atoms with van der Waals surface area (Å²) in [6.45, 7) is 3.40. The smallest absolute Gasteiger partial charge is 0.238 e. The van der Waals surface area contributed by atoms with Crippen LogP contribution < -0.4 is 16.8 Å². The number of hydrogen-bond donors (Lipinski definition) is 3. The number of unbranched alkanes of at least 4 members (excludes halogenated alkanes) is 1. The van der Waals surface area contributed by atoms with Crippen LogP contribution in [-0.4, -0.2) is 36.3 Å². The molecule has 1 aromatic rings. The second kappa shape index (κ2) is 9.10. The summed E-state index contributed by atoms with van der Waals surface area (Å²) in [7, 11) is 0. The monoisotopic (exact) mass is 292 g/mol. The predicted octanol–water partition coefficient (Wildman–Crippen LogP) is 0.671. The van der Waals surface area contributed by atoms with Crippen LogP contribution in [0.3, 0.4) is 0 Å². The van der Waals surface area contributed by atoms with E-state index in [9.17, 15) is 9.59 Å². The Morgan fingerprint density at radius 2 is 2.05 bits per heavy atom. The van der Waals surface area contributed by atoms with Gasteiger partial charge < -0.3 is 16.8 Å². The highest BCUT2D eigenvalue weighted by Gasteiger charge is 2.12. The van der Waals surface area contributed by atoms with Gasteiger partial charge in [0.05, 0.1) is 13.1 Å². The number of nitrogens with zero attached hydrogens (tertiary/aromatic N) is 1. The molecule has 0 atom stereocenters. The Balaban J connectivity index is 2.57. The van der Waals surface area contributed by atoms with Crippen LogP contribution in [0.1, 0.15) is 25.3 Å². The minimum atomic E-state index is -0.427. The SMILES string of the molecule is CCCCN(CC(N)=O)CC(=O)Nc1cccc(CN)c1. The van der Waals surface area contributed by atoms with Crippen LogP contribution in [0.15, 0.2) is 24.3 Å². The van der Waals surface area contributed by atoms with Crippen molar-refractivity contribution in [2.24, 2.45) is 11.5 Å². The van der Waals surface area contributed by atoms with E-state index in [1.807, 2.05) is 24.3 Å². The van der Waals surface area contributed by atoms with Gasteiger partial charge in [-0.05, 0) is 30.7 Å². The molecule has 0 fully saturated rings. The maximum Gasteiger partial charge on any atom is 0.238 e. The van der Waals surface area contributed by atoms with Crippen molar-refractivity contribution in [2.75, 3.05) is 25.0 Å². The Labute approximate surface area is 125 Å². The lowest BCUT2D eigenvalue weighted by Gasteiger charge is -2.19. The van der Waals surface area contributed by atoms with Gasteiger partial charge in [0.15, 0.2) is 0 Å². The minimum Gasteiger partial charge on any atom is -0.369 e. The summed E-state index contributed by atoms with van der Waals surface area (Å²) in [4.78, 5) is 24.8. The van der Waals surface area contributed by atoms with Gasteiger partial charge in [-0.1, -0.05) is 25.5 Å². The maximum atomic E-state index is 12.0. The van der Waals surface area contributed by atoms with Crippen molar-refractivity contribution in [2.45, 2.75) is 26.3 Å². The largest absolute Gasteiger partial charge is 0.369 e. The quantitative estimate of drug-likeness (QED) is 0.622. The molecule has 0 aliphatic carbocycles. The number of primary amides is 1. The molecule has 0 spiro atoms. The Bertz CT molecular complexity index is 476. The van der Waals surface area contributed by atoms with Crippen molar-refractivity contribution >= 4 is 17.5 Å². The van der Waals surface area contributed by atoms with Gasteiger partial charge in [0.1, 0.15) is 0 Å². The molecule has 1 rings (SSSR count). The molecule has 0 aromatic heterocycles. The minimum absolute atomic E-state index is 0.0935. The predicted molar refractivity (Wildman–Crippen MR) is 83.5 cm³/mol. The normalized spacial score (nSPS) is 10.6. The molecular formula is C15H24N4O2. The fourth-order valence-electron chi connectivity index (χ4n) is 2.00. The third-order valence-electron chi connectivity index (χ3n) is 3.02. The molecule has 0 aliphatic rings. The number of rotatable bonds is 9. The zero-order valence-corrected chi connectivity index (χ0v) is 12.5. The van der Waals surface area contributed by atoms with Crippen molar-refractivity contribution in [1.29, 1.82) is 0 Å². The molecule has 0 radical (unpaired) electrons. The van der Waals surface area contributed by atoms with Crippen molar-refractivity contribution in [3.05, 3.63) is 29.8 Å². The highest BCUT2D eigenvalue weighted by Crippen LogP contribution is 2.10. The highest BCUT2D eigenvalue weighted by molar-refractivity contribution is 5.92. The number of nitrogens with two attached hydrogens (primary N) is 2. The van der Waals surface area contributed by atoms with Gasteiger partial charge in [-0.25, -0.2) is 0 Å². The van der Waals surface area contributed by atoms with Gasteiger partial charge in [-0.3, -0.25) is 14.5 Å². The molecule has 1 aromatic carbocycles. The number of anilines is 1. The van der Waals surface area contributed by atoms with E-state index in [0.29, 0.717) is 18.8 Å². The van der Waals surface area contributed by atoms with Crippen molar-refractivity contribution in [1.82, 2.24) is 4.90 Å². The van der Waals surface area contributed by atoms with Crippen LogP contribution in [0.25, 0.3) is 0 Å². The first-order valence-electron chi connectivity index (χ1n) is 7.14. The standard InChI is InChI=1S/C15H24N4O2/c1-2-3-7-19(10-14(17)20)11-15(21)18-13-6-4-5-12(8-13)9-16/h4-6,8H,2-3,7,9-11,16H2,1H3,(H2,17,20)(H,18,21). The highest BCUT2D eigenvalue weighted by atomic mass is 16.2. The lowest BCUT2D eigenvalue weighted by Crippen LogP contribution is -2.39. The first kappa shape index (κ1) is 17.1. The summed E-state index contributed by atoms with van der Waals surface area (Å²) in [6, 6.07) is 7.39. The Kier molecular flexibility index (Phi) is 7.42. The molecule has 2 amide bonds. The second-order valence-electron chi connectivity index (χ2n) is 4.98. The topological polar surface area (TPSA) is 101 Å². The molecule has 6 heteroatoms. The van der Waals surface area contributed by atoms with E-state index in [-0.39, 0.29) is 19.0 Å². The molecular weight excluding hydrogens is 268 g/mol. The van der Waals surface area contributed by atoms with Crippen molar-refractivity contribution < 1.29 is 9.59 Å². The summed E-state index contributed by atoms with van der Waals surface area (Å²) < 4.78 is 0. The average Bonchev–Trinajstić information content (AvgIpc) is 2.44. The molecule has 116 valence electrons. The van der Waals surface area contributed by atoms with E-state index in [1.165, 1.54) is 0 Å². The summed E-state index contributed by atoms with van der Waals surface area (Å²) in [5, 5.41) is 2.81. The fraction of sp³-hybridized carbons (Fsp3) is 0.467.